The summed E-state index contributed by atoms with van der Waals surface area (Å²) < 4.78 is 11.2. The molecule has 21 heavy (non-hydrogen) atoms. The minimum Gasteiger partial charge on any atom is -0.494 e. The predicted molar refractivity (Wildman–Crippen MR) is 85.6 cm³/mol. The average molecular weight is 303 g/mol. The third kappa shape index (κ3) is 3.16. The minimum atomic E-state index is -0.166. The van der Waals surface area contributed by atoms with Crippen molar-refractivity contribution in [2.45, 2.75) is 25.1 Å². The van der Waals surface area contributed by atoms with Gasteiger partial charge >= 0.3 is 0 Å². The molecular formula is C18H19ClO2. The summed E-state index contributed by atoms with van der Waals surface area (Å²) in [5, 5.41) is -0.166. The summed E-state index contributed by atoms with van der Waals surface area (Å²) in [5.41, 5.74) is 3.41. The van der Waals surface area contributed by atoms with E-state index in [-0.39, 0.29) is 5.38 Å². The van der Waals surface area contributed by atoms with Gasteiger partial charge in [0.05, 0.1) is 18.6 Å². The van der Waals surface area contributed by atoms with Crippen LogP contribution in [-0.4, -0.2) is 13.2 Å². The van der Waals surface area contributed by atoms with Gasteiger partial charge in [-0.2, -0.15) is 0 Å². The molecule has 2 aromatic rings. The summed E-state index contributed by atoms with van der Waals surface area (Å²) in [7, 11) is 0. The van der Waals surface area contributed by atoms with Crippen molar-refractivity contribution in [2.75, 3.05) is 13.2 Å². The molecule has 0 amide bonds. The second-order valence-corrected chi connectivity index (χ2v) is 5.69. The van der Waals surface area contributed by atoms with Gasteiger partial charge in [0.15, 0.2) is 0 Å². The Morgan fingerprint density at radius 2 is 2.05 bits per heavy atom. The van der Waals surface area contributed by atoms with E-state index in [1.54, 1.807) is 0 Å². The molecule has 1 aliphatic rings. The van der Waals surface area contributed by atoms with Gasteiger partial charge in [0.1, 0.15) is 11.5 Å². The van der Waals surface area contributed by atoms with Crippen LogP contribution in [-0.2, 0) is 6.42 Å². The van der Waals surface area contributed by atoms with E-state index in [2.05, 4.69) is 13.0 Å². The Labute approximate surface area is 130 Å². The summed E-state index contributed by atoms with van der Waals surface area (Å²) in [5.74, 6) is 1.87. The molecule has 1 aliphatic heterocycles. The molecule has 1 atom stereocenters. The van der Waals surface area contributed by atoms with Gasteiger partial charge in [-0.15, -0.1) is 11.6 Å². The van der Waals surface area contributed by atoms with Crippen LogP contribution < -0.4 is 9.47 Å². The second kappa shape index (κ2) is 6.40. The minimum absolute atomic E-state index is 0.166. The molecule has 1 heterocycles. The highest BCUT2D eigenvalue weighted by atomic mass is 35.5. The molecule has 0 saturated heterocycles. The van der Waals surface area contributed by atoms with Gasteiger partial charge in [0.25, 0.3) is 0 Å². The van der Waals surface area contributed by atoms with Gasteiger partial charge in [0.2, 0.25) is 0 Å². The maximum absolute atomic E-state index is 6.64. The van der Waals surface area contributed by atoms with E-state index in [9.17, 15) is 0 Å². The molecular weight excluding hydrogens is 284 g/mol. The van der Waals surface area contributed by atoms with Crippen LogP contribution in [0.3, 0.4) is 0 Å². The molecule has 0 aliphatic carbocycles. The van der Waals surface area contributed by atoms with E-state index < -0.39 is 0 Å². The van der Waals surface area contributed by atoms with Crippen LogP contribution in [0.2, 0.25) is 0 Å². The zero-order valence-electron chi connectivity index (χ0n) is 12.1. The Balaban J connectivity index is 1.82. The Bertz CT molecular complexity index is 624. The lowest BCUT2D eigenvalue weighted by molar-refractivity contribution is 0.317. The van der Waals surface area contributed by atoms with Crippen molar-refractivity contribution in [1.29, 1.82) is 0 Å². The number of benzene rings is 2. The summed E-state index contributed by atoms with van der Waals surface area (Å²) >= 11 is 6.64. The van der Waals surface area contributed by atoms with Crippen molar-refractivity contribution in [1.82, 2.24) is 0 Å². The fourth-order valence-electron chi connectivity index (χ4n) is 2.54. The fraction of sp³-hybridized carbons (Fsp3) is 0.333. The maximum atomic E-state index is 6.64. The molecule has 0 radical (unpaired) electrons. The van der Waals surface area contributed by atoms with Gasteiger partial charge in [-0.3, -0.25) is 0 Å². The second-order valence-electron chi connectivity index (χ2n) is 5.25. The number of fused-ring (bicyclic) bond motifs is 1. The van der Waals surface area contributed by atoms with Crippen molar-refractivity contribution < 1.29 is 9.47 Å². The fourth-order valence-corrected chi connectivity index (χ4v) is 2.81. The van der Waals surface area contributed by atoms with Crippen LogP contribution in [0.15, 0.2) is 42.5 Å². The molecule has 3 rings (SSSR count). The maximum Gasteiger partial charge on any atom is 0.122 e. The Morgan fingerprint density at radius 3 is 2.90 bits per heavy atom. The topological polar surface area (TPSA) is 18.5 Å². The van der Waals surface area contributed by atoms with Gasteiger partial charge < -0.3 is 9.47 Å². The molecule has 2 nitrogen and oxygen atoms in total. The first kappa shape index (κ1) is 14.3. The summed E-state index contributed by atoms with van der Waals surface area (Å²) in [6, 6.07) is 14.2. The number of rotatable bonds is 5. The predicted octanol–water partition coefficient (Wildman–Crippen LogP) is 4.74. The highest BCUT2D eigenvalue weighted by molar-refractivity contribution is 6.22. The monoisotopic (exact) mass is 302 g/mol. The molecule has 0 aromatic heterocycles. The first-order valence-electron chi connectivity index (χ1n) is 7.40. The number of hydrogen-bond donors (Lipinski definition) is 0. The first-order valence-corrected chi connectivity index (χ1v) is 7.84. The molecule has 0 N–H and O–H groups in total. The lowest BCUT2D eigenvalue weighted by Gasteiger charge is -2.13. The van der Waals surface area contributed by atoms with E-state index in [4.69, 9.17) is 21.1 Å². The lowest BCUT2D eigenvalue weighted by Crippen LogP contribution is -1.98. The zero-order valence-corrected chi connectivity index (χ0v) is 12.9. The summed E-state index contributed by atoms with van der Waals surface area (Å²) in [6.07, 6.45) is 1.96. The van der Waals surface area contributed by atoms with Crippen molar-refractivity contribution in [2.24, 2.45) is 0 Å². The third-order valence-electron chi connectivity index (χ3n) is 3.63. The Kier molecular flexibility index (Phi) is 4.35. The van der Waals surface area contributed by atoms with Crippen LogP contribution in [0.25, 0.3) is 0 Å². The Hall–Kier alpha value is -1.67. The van der Waals surface area contributed by atoms with Crippen LogP contribution >= 0.6 is 11.6 Å². The van der Waals surface area contributed by atoms with E-state index in [0.717, 1.165) is 48.7 Å². The highest BCUT2D eigenvalue weighted by Gasteiger charge is 2.17. The van der Waals surface area contributed by atoms with Gasteiger partial charge in [-0.25, -0.2) is 0 Å². The van der Waals surface area contributed by atoms with Crippen molar-refractivity contribution in [3.05, 3.63) is 59.2 Å². The van der Waals surface area contributed by atoms with Gasteiger partial charge in [-0.05, 0) is 41.3 Å². The SMILES string of the molecule is CCCOc1cccc(C(Cl)c2ccc3c(c2)CCO3)c1. The highest BCUT2D eigenvalue weighted by Crippen LogP contribution is 2.34. The molecule has 1 unspecified atom stereocenters. The van der Waals surface area contributed by atoms with Crippen molar-refractivity contribution in [3.8, 4) is 11.5 Å². The average Bonchev–Trinajstić information content (AvgIpc) is 3.00. The Morgan fingerprint density at radius 1 is 1.19 bits per heavy atom. The van der Waals surface area contributed by atoms with E-state index >= 15 is 0 Å². The number of alkyl halides is 1. The van der Waals surface area contributed by atoms with Crippen LogP contribution in [0.4, 0.5) is 0 Å². The van der Waals surface area contributed by atoms with E-state index in [1.807, 2.05) is 36.4 Å². The van der Waals surface area contributed by atoms with E-state index in [1.165, 1.54) is 5.56 Å². The zero-order chi connectivity index (χ0) is 14.7. The molecule has 3 heteroatoms. The quantitative estimate of drug-likeness (QED) is 0.743. The molecule has 0 bridgehead atoms. The number of halogens is 1. The van der Waals surface area contributed by atoms with Crippen LogP contribution in [0, 0.1) is 0 Å². The molecule has 0 spiro atoms. The van der Waals surface area contributed by atoms with Crippen LogP contribution in [0.1, 0.15) is 35.4 Å². The molecule has 2 aromatic carbocycles. The summed E-state index contributed by atoms with van der Waals surface area (Å²) in [6.45, 7) is 3.60. The smallest absolute Gasteiger partial charge is 0.122 e. The van der Waals surface area contributed by atoms with Crippen LogP contribution in [0.5, 0.6) is 11.5 Å². The molecule has 0 saturated carbocycles. The van der Waals surface area contributed by atoms with Crippen molar-refractivity contribution >= 4 is 11.6 Å². The van der Waals surface area contributed by atoms with Crippen molar-refractivity contribution in [3.63, 3.8) is 0 Å². The van der Waals surface area contributed by atoms with E-state index in [0.29, 0.717) is 0 Å². The molecule has 0 fully saturated rings. The number of ether oxygens (including phenoxy) is 2. The van der Waals surface area contributed by atoms with Gasteiger partial charge in [-0.1, -0.05) is 31.2 Å². The largest absolute Gasteiger partial charge is 0.494 e. The number of hydrogen-bond acceptors (Lipinski definition) is 2. The first-order chi connectivity index (χ1) is 10.3. The standard InChI is InChI=1S/C18H19ClO2/c1-2-9-20-16-5-3-4-14(12-16)18(19)15-6-7-17-13(11-15)8-10-21-17/h3-7,11-12,18H,2,8-10H2,1H3. The molecule has 110 valence electrons. The summed E-state index contributed by atoms with van der Waals surface area (Å²) in [4.78, 5) is 0. The lowest BCUT2D eigenvalue weighted by atomic mass is 10.0. The van der Waals surface area contributed by atoms with Gasteiger partial charge in [0, 0.05) is 6.42 Å². The third-order valence-corrected chi connectivity index (χ3v) is 4.13. The normalized spacial score (nSPS) is 14.4.